The lowest BCUT2D eigenvalue weighted by Gasteiger charge is -2.32. The van der Waals surface area contributed by atoms with Crippen LogP contribution in [0.2, 0.25) is 0 Å². The molecule has 1 saturated carbocycles. The normalized spacial score (nSPS) is 28.2. The van der Waals surface area contributed by atoms with Crippen LogP contribution in [0.4, 0.5) is 0 Å². The van der Waals surface area contributed by atoms with Crippen molar-refractivity contribution >= 4 is 0 Å². The predicted octanol–water partition coefficient (Wildman–Crippen LogP) is 4.46. The molecule has 0 atom stereocenters. The first-order valence-corrected chi connectivity index (χ1v) is 5.91. The van der Waals surface area contributed by atoms with E-state index in [1.165, 1.54) is 51.4 Å². The van der Waals surface area contributed by atoms with Crippen LogP contribution in [0, 0.1) is 5.41 Å². The molecular formula is C13H22. The highest BCUT2D eigenvalue weighted by Crippen LogP contribution is 2.48. The molecule has 0 amide bonds. The third-order valence-electron chi connectivity index (χ3n) is 4.18. The number of hydrogen-bond donors (Lipinski definition) is 0. The van der Waals surface area contributed by atoms with Crippen molar-refractivity contribution < 1.29 is 0 Å². The summed E-state index contributed by atoms with van der Waals surface area (Å²) in [5.74, 6) is 0. The Kier molecular flexibility index (Phi) is 2.49. The SMILES string of the molecule is CC1=C(C2(C)CCCC2)CCCC1. The maximum atomic E-state index is 2.50. The highest BCUT2D eigenvalue weighted by atomic mass is 14.4. The second-order valence-corrected chi connectivity index (χ2v) is 5.23. The first kappa shape index (κ1) is 9.30. The summed E-state index contributed by atoms with van der Waals surface area (Å²) in [4.78, 5) is 0. The lowest BCUT2D eigenvalue weighted by Crippen LogP contribution is -2.18. The van der Waals surface area contributed by atoms with Gasteiger partial charge in [0.25, 0.3) is 0 Å². The summed E-state index contributed by atoms with van der Waals surface area (Å²) >= 11 is 0. The molecule has 0 unspecified atom stereocenters. The van der Waals surface area contributed by atoms with Gasteiger partial charge in [0.05, 0.1) is 0 Å². The third-order valence-corrected chi connectivity index (χ3v) is 4.18. The summed E-state index contributed by atoms with van der Waals surface area (Å²) in [5, 5.41) is 0. The first-order chi connectivity index (χ1) is 6.22. The molecule has 0 aliphatic heterocycles. The Balaban J connectivity index is 2.22. The van der Waals surface area contributed by atoms with E-state index in [-0.39, 0.29) is 0 Å². The van der Waals surface area contributed by atoms with Gasteiger partial charge in [-0.2, -0.15) is 0 Å². The van der Waals surface area contributed by atoms with E-state index >= 15 is 0 Å². The zero-order valence-corrected chi connectivity index (χ0v) is 9.16. The van der Waals surface area contributed by atoms with Crippen LogP contribution >= 0.6 is 0 Å². The van der Waals surface area contributed by atoms with Gasteiger partial charge >= 0.3 is 0 Å². The van der Waals surface area contributed by atoms with E-state index in [1.54, 1.807) is 5.57 Å². The van der Waals surface area contributed by atoms with Gasteiger partial charge < -0.3 is 0 Å². The molecule has 1 fully saturated rings. The van der Waals surface area contributed by atoms with Crippen LogP contribution in [0.5, 0.6) is 0 Å². The molecule has 0 saturated heterocycles. The predicted molar refractivity (Wildman–Crippen MR) is 57.7 cm³/mol. The van der Waals surface area contributed by atoms with Crippen LogP contribution in [-0.4, -0.2) is 0 Å². The van der Waals surface area contributed by atoms with Crippen molar-refractivity contribution in [3.05, 3.63) is 11.1 Å². The molecule has 2 rings (SSSR count). The van der Waals surface area contributed by atoms with E-state index in [4.69, 9.17) is 0 Å². The minimum absolute atomic E-state index is 0.616. The summed E-state index contributed by atoms with van der Waals surface area (Å²) in [6.45, 7) is 4.88. The molecule has 0 heterocycles. The second kappa shape index (κ2) is 3.48. The van der Waals surface area contributed by atoms with Crippen LogP contribution in [0.1, 0.15) is 65.2 Å². The van der Waals surface area contributed by atoms with E-state index < -0.39 is 0 Å². The largest absolute Gasteiger partial charge is 0.0736 e. The van der Waals surface area contributed by atoms with Gasteiger partial charge in [-0.15, -0.1) is 0 Å². The molecule has 0 N–H and O–H groups in total. The van der Waals surface area contributed by atoms with Gasteiger partial charge in [-0.25, -0.2) is 0 Å². The quantitative estimate of drug-likeness (QED) is 0.520. The Morgan fingerprint density at radius 2 is 1.54 bits per heavy atom. The summed E-state index contributed by atoms with van der Waals surface area (Å²) in [5.41, 5.74) is 4.19. The number of rotatable bonds is 1. The standard InChI is InChI=1S/C13H22/c1-11-7-3-4-8-12(11)13(2)9-5-6-10-13/h3-10H2,1-2H3. The van der Waals surface area contributed by atoms with E-state index in [0.717, 1.165) is 0 Å². The second-order valence-electron chi connectivity index (χ2n) is 5.23. The molecule has 2 aliphatic carbocycles. The fraction of sp³-hybridized carbons (Fsp3) is 0.846. The van der Waals surface area contributed by atoms with Crippen LogP contribution < -0.4 is 0 Å². The van der Waals surface area contributed by atoms with Gasteiger partial charge in [0, 0.05) is 0 Å². The van der Waals surface area contributed by atoms with Crippen LogP contribution in [0.25, 0.3) is 0 Å². The molecule has 0 nitrogen and oxygen atoms in total. The summed E-state index contributed by atoms with van der Waals surface area (Å²) in [6, 6.07) is 0. The van der Waals surface area contributed by atoms with Crippen LogP contribution in [0.3, 0.4) is 0 Å². The zero-order valence-electron chi connectivity index (χ0n) is 9.16. The van der Waals surface area contributed by atoms with Crippen molar-refractivity contribution in [2.75, 3.05) is 0 Å². The number of allylic oxidation sites excluding steroid dienone is 2. The highest BCUT2D eigenvalue weighted by Gasteiger charge is 2.33. The number of hydrogen-bond acceptors (Lipinski definition) is 0. The molecule has 2 aliphatic rings. The van der Waals surface area contributed by atoms with Gasteiger partial charge in [-0.05, 0) is 50.9 Å². The van der Waals surface area contributed by atoms with Crippen molar-refractivity contribution in [1.82, 2.24) is 0 Å². The third kappa shape index (κ3) is 1.68. The topological polar surface area (TPSA) is 0 Å². The molecule has 0 aromatic heterocycles. The Bertz CT molecular complexity index is 216. The zero-order chi connectivity index (χ0) is 9.31. The molecule has 0 radical (unpaired) electrons. The summed E-state index contributed by atoms with van der Waals surface area (Å²) < 4.78 is 0. The lowest BCUT2D eigenvalue weighted by atomic mass is 9.73. The molecule has 0 bridgehead atoms. The monoisotopic (exact) mass is 178 g/mol. The molecule has 0 aromatic carbocycles. The van der Waals surface area contributed by atoms with Crippen LogP contribution in [0.15, 0.2) is 11.1 Å². The van der Waals surface area contributed by atoms with E-state index in [2.05, 4.69) is 13.8 Å². The Morgan fingerprint density at radius 3 is 2.15 bits per heavy atom. The maximum Gasteiger partial charge on any atom is -0.0114 e. The molecule has 0 spiro atoms. The molecule has 0 aromatic rings. The maximum absolute atomic E-state index is 2.50. The summed E-state index contributed by atoms with van der Waals surface area (Å²) in [7, 11) is 0. The molecule has 13 heavy (non-hydrogen) atoms. The minimum Gasteiger partial charge on any atom is -0.0736 e. The van der Waals surface area contributed by atoms with Gasteiger partial charge in [-0.1, -0.05) is 30.9 Å². The Labute approximate surface area is 82.4 Å². The van der Waals surface area contributed by atoms with E-state index in [0.29, 0.717) is 5.41 Å². The van der Waals surface area contributed by atoms with Crippen molar-refractivity contribution in [3.8, 4) is 0 Å². The fourth-order valence-corrected chi connectivity index (χ4v) is 3.33. The van der Waals surface area contributed by atoms with Crippen LogP contribution in [-0.2, 0) is 0 Å². The van der Waals surface area contributed by atoms with Crippen molar-refractivity contribution in [2.45, 2.75) is 65.2 Å². The van der Waals surface area contributed by atoms with Gasteiger partial charge in [0.2, 0.25) is 0 Å². The molecule has 74 valence electrons. The van der Waals surface area contributed by atoms with E-state index in [1.807, 2.05) is 5.57 Å². The highest BCUT2D eigenvalue weighted by molar-refractivity contribution is 5.23. The van der Waals surface area contributed by atoms with Crippen molar-refractivity contribution in [3.63, 3.8) is 0 Å². The first-order valence-electron chi connectivity index (χ1n) is 5.91. The molecular weight excluding hydrogens is 156 g/mol. The smallest absolute Gasteiger partial charge is 0.0114 e. The lowest BCUT2D eigenvalue weighted by molar-refractivity contribution is 0.380. The molecule has 0 heteroatoms. The fourth-order valence-electron chi connectivity index (χ4n) is 3.33. The summed E-state index contributed by atoms with van der Waals surface area (Å²) in [6.07, 6.45) is 11.5. The Morgan fingerprint density at radius 1 is 0.923 bits per heavy atom. The van der Waals surface area contributed by atoms with Gasteiger partial charge in [0.1, 0.15) is 0 Å². The van der Waals surface area contributed by atoms with Crippen molar-refractivity contribution in [1.29, 1.82) is 0 Å². The Hall–Kier alpha value is -0.260. The average molecular weight is 178 g/mol. The minimum atomic E-state index is 0.616. The van der Waals surface area contributed by atoms with E-state index in [9.17, 15) is 0 Å². The van der Waals surface area contributed by atoms with Gasteiger partial charge in [0.15, 0.2) is 0 Å². The van der Waals surface area contributed by atoms with Gasteiger partial charge in [-0.3, -0.25) is 0 Å². The van der Waals surface area contributed by atoms with Crippen molar-refractivity contribution in [2.24, 2.45) is 5.41 Å². The average Bonchev–Trinajstić information content (AvgIpc) is 2.54.